The van der Waals surface area contributed by atoms with Gasteiger partial charge in [-0.3, -0.25) is 4.79 Å². The van der Waals surface area contributed by atoms with Gasteiger partial charge in [-0.05, 0) is 38.8 Å². The Labute approximate surface area is 92.2 Å². The molecule has 0 aliphatic carbocycles. The number of hydrogen-bond acceptors (Lipinski definition) is 2. The Morgan fingerprint density at radius 3 is 2.73 bits per heavy atom. The molecule has 1 aliphatic rings. The third kappa shape index (κ3) is 3.93. The van der Waals surface area contributed by atoms with Crippen LogP contribution in [0.2, 0.25) is 0 Å². The van der Waals surface area contributed by atoms with Gasteiger partial charge in [0, 0.05) is 13.1 Å². The summed E-state index contributed by atoms with van der Waals surface area (Å²) in [5, 5.41) is 3.16. The Kier molecular flexibility index (Phi) is 5.20. The lowest BCUT2D eigenvalue weighted by atomic mass is 9.93. The quantitative estimate of drug-likeness (QED) is 0.695. The molecule has 1 amide bonds. The average molecular weight is 208 g/mol. The molecular weight excluding hydrogens is 188 g/mol. The van der Waals surface area contributed by atoms with Crippen molar-refractivity contribution in [2.75, 3.05) is 26.7 Å². The van der Waals surface area contributed by atoms with E-state index in [0.29, 0.717) is 0 Å². The lowest BCUT2D eigenvalue weighted by Gasteiger charge is -2.31. The molecule has 15 heavy (non-hydrogen) atoms. The summed E-state index contributed by atoms with van der Waals surface area (Å²) < 4.78 is 0. The molecule has 0 atom stereocenters. The van der Waals surface area contributed by atoms with Crippen LogP contribution in [-0.4, -0.2) is 37.5 Å². The van der Waals surface area contributed by atoms with Gasteiger partial charge in [0.25, 0.3) is 0 Å². The number of amides is 1. The fourth-order valence-corrected chi connectivity index (χ4v) is 2.02. The number of carbonyl (C=O) groups excluding carboxylic acids is 1. The number of terminal acetylenes is 1. The zero-order valence-electron chi connectivity index (χ0n) is 9.46. The number of piperidine rings is 1. The predicted molar refractivity (Wildman–Crippen MR) is 61.3 cm³/mol. The largest absolute Gasteiger partial charge is 0.342 e. The highest BCUT2D eigenvalue weighted by atomic mass is 16.2. The molecule has 0 aromatic heterocycles. The number of hydrogen-bond donors (Lipinski definition) is 1. The SMILES string of the molecule is C#CCC(=O)N1CCC(CCNC)CC1. The van der Waals surface area contributed by atoms with E-state index in [1.165, 1.54) is 6.42 Å². The van der Waals surface area contributed by atoms with E-state index >= 15 is 0 Å². The summed E-state index contributed by atoms with van der Waals surface area (Å²) in [6.45, 7) is 2.84. The van der Waals surface area contributed by atoms with Crippen molar-refractivity contribution < 1.29 is 4.79 Å². The third-order valence-corrected chi connectivity index (χ3v) is 3.02. The Morgan fingerprint density at radius 1 is 1.53 bits per heavy atom. The van der Waals surface area contributed by atoms with E-state index in [-0.39, 0.29) is 12.3 Å². The lowest BCUT2D eigenvalue weighted by molar-refractivity contribution is -0.131. The number of likely N-dealkylation sites (tertiary alicyclic amines) is 1. The van der Waals surface area contributed by atoms with E-state index in [4.69, 9.17) is 6.42 Å². The van der Waals surface area contributed by atoms with Crippen LogP contribution in [0.1, 0.15) is 25.7 Å². The maximum Gasteiger partial charge on any atom is 0.234 e. The minimum absolute atomic E-state index is 0.115. The first-order chi connectivity index (χ1) is 7.27. The van der Waals surface area contributed by atoms with E-state index in [2.05, 4.69) is 11.2 Å². The molecule has 0 aromatic carbocycles. The second kappa shape index (κ2) is 6.47. The van der Waals surface area contributed by atoms with Crippen molar-refractivity contribution in [2.24, 2.45) is 5.92 Å². The number of nitrogens with zero attached hydrogens (tertiary/aromatic N) is 1. The molecule has 0 radical (unpaired) electrons. The Bertz CT molecular complexity index is 236. The van der Waals surface area contributed by atoms with Crippen molar-refractivity contribution in [3.63, 3.8) is 0 Å². The van der Waals surface area contributed by atoms with Gasteiger partial charge in [-0.2, -0.15) is 0 Å². The van der Waals surface area contributed by atoms with Crippen LogP contribution in [0.15, 0.2) is 0 Å². The van der Waals surface area contributed by atoms with E-state index in [1.54, 1.807) is 0 Å². The number of carbonyl (C=O) groups is 1. The molecule has 1 heterocycles. The van der Waals surface area contributed by atoms with Gasteiger partial charge in [0.1, 0.15) is 0 Å². The summed E-state index contributed by atoms with van der Waals surface area (Å²) in [5.74, 6) is 3.30. The molecule has 1 N–H and O–H groups in total. The van der Waals surface area contributed by atoms with Crippen molar-refractivity contribution in [3.8, 4) is 12.3 Å². The van der Waals surface area contributed by atoms with E-state index in [9.17, 15) is 4.79 Å². The van der Waals surface area contributed by atoms with Crippen LogP contribution in [0.25, 0.3) is 0 Å². The normalized spacial score (nSPS) is 17.5. The van der Waals surface area contributed by atoms with Crippen molar-refractivity contribution in [1.82, 2.24) is 10.2 Å². The second-order valence-corrected chi connectivity index (χ2v) is 4.10. The molecule has 3 heteroatoms. The van der Waals surface area contributed by atoms with Crippen molar-refractivity contribution in [2.45, 2.75) is 25.7 Å². The molecule has 84 valence electrons. The molecule has 1 rings (SSSR count). The lowest BCUT2D eigenvalue weighted by Crippen LogP contribution is -2.38. The summed E-state index contributed by atoms with van der Waals surface area (Å²) in [7, 11) is 1.98. The first-order valence-electron chi connectivity index (χ1n) is 5.63. The van der Waals surface area contributed by atoms with Crippen molar-refractivity contribution >= 4 is 5.91 Å². The van der Waals surface area contributed by atoms with Gasteiger partial charge in [-0.1, -0.05) is 5.92 Å². The number of rotatable bonds is 4. The van der Waals surface area contributed by atoms with Crippen LogP contribution in [0.4, 0.5) is 0 Å². The molecule has 0 bridgehead atoms. The molecule has 0 saturated carbocycles. The van der Waals surface area contributed by atoms with Crippen LogP contribution in [-0.2, 0) is 4.79 Å². The van der Waals surface area contributed by atoms with Crippen LogP contribution in [0.5, 0.6) is 0 Å². The number of nitrogens with one attached hydrogen (secondary N) is 1. The van der Waals surface area contributed by atoms with Gasteiger partial charge in [0.2, 0.25) is 5.91 Å². The molecule has 1 fully saturated rings. The van der Waals surface area contributed by atoms with Gasteiger partial charge in [-0.15, -0.1) is 6.42 Å². The van der Waals surface area contributed by atoms with Gasteiger partial charge in [-0.25, -0.2) is 0 Å². The standard InChI is InChI=1S/C12H20N2O/c1-3-4-12(15)14-9-6-11(7-10-14)5-8-13-2/h1,11,13H,4-10H2,2H3. The minimum atomic E-state index is 0.115. The minimum Gasteiger partial charge on any atom is -0.342 e. The highest BCUT2D eigenvalue weighted by molar-refractivity contribution is 5.78. The molecule has 0 unspecified atom stereocenters. The average Bonchev–Trinajstić information content (AvgIpc) is 2.27. The van der Waals surface area contributed by atoms with Gasteiger partial charge in [0.15, 0.2) is 0 Å². The Morgan fingerprint density at radius 2 is 2.20 bits per heavy atom. The predicted octanol–water partition coefficient (Wildman–Crippen LogP) is 0.858. The first kappa shape index (κ1) is 12.1. The summed E-state index contributed by atoms with van der Waals surface area (Å²) in [6.07, 6.45) is 8.84. The first-order valence-corrected chi connectivity index (χ1v) is 5.63. The summed E-state index contributed by atoms with van der Waals surface area (Å²) >= 11 is 0. The molecule has 1 saturated heterocycles. The highest BCUT2D eigenvalue weighted by Crippen LogP contribution is 2.20. The summed E-state index contributed by atoms with van der Waals surface area (Å²) in [6, 6.07) is 0. The van der Waals surface area contributed by atoms with E-state index in [0.717, 1.165) is 38.4 Å². The molecule has 0 spiro atoms. The van der Waals surface area contributed by atoms with Crippen LogP contribution in [0.3, 0.4) is 0 Å². The Hall–Kier alpha value is -1.01. The zero-order valence-corrected chi connectivity index (χ0v) is 9.46. The molecular formula is C12H20N2O. The fourth-order valence-electron chi connectivity index (χ4n) is 2.02. The van der Waals surface area contributed by atoms with Crippen molar-refractivity contribution in [3.05, 3.63) is 0 Å². The van der Waals surface area contributed by atoms with Gasteiger partial charge >= 0.3 is 0 Å². The van der Waals surface area contributed by atoms with E-state index in [1.807, 2.05) is 11.9 Å². The third-order valence-electron chi connectivity index (χ3n) is 3.02. The highest BCUT2D eigenvalue weighted by Gasteiger charge is 2.21. The monoisotopic (exact) mass is 208 g/mol. The van der Waals surface area contributed by atoms with Crippen LogP contribution in [0, 0.1) is 18.3 Å². The fraction of sp³-hybridized carbons (Fsp3) is 0.750. The van der Waals surface area contributed by atoms with Gasteiger partial charge in [0.05, 0.1) is 6.42 Å². The maximum atomic E-state index is 11.5. The molecule has 0 aromatic rings. The maximum absolute atomic E-state index is 11.5. The van der Waals surface area contributed by atoms with Gasteiger partial charge < -0.3 is 10.2 Å². The smallest absolute Gasteiger partial charge is 0.234 e. The Balaban J connectivity index is 2.24. The van der Waals surface area contributed by atoms with Crippen molar-refractivity contribution in [1.29, 1.82) is 0 Å². The van der Waals surface area contributed by atoms with Crippen LogP contribution >= 0.6 is 0 Å². The van der Waals surface area contributed by atoms with Crippen LogP contribution < -0.4 is 5.32 Å². The molecule has 1 aliphatic heterocycles. The summed E-state index contributed by atoms with van der Waals surface area (Å²) in [5.41, 5.74) is 0. The zero-order chi connectivity index (χ0) is 11.1. The molecule has 3 nitrogen and oxygen atoms in total. The van der Waals surface area contributed by atoms with E-state index < -0.39 is 0 Å². The second-order valence-electron chi connectivity index (χ2n) is 4.10. The topological polar surface area (TPSA) is 32.3 Å². The summed E-state index contributed by atoms with van der Waals surface area (Å²) in [4.78, 5) is 13.4.